The molecule has 1 aliphatic heterocycles. The predicted molar refractivity (Wildman–Crippen MR) is 45.2 cm³/mol. The van der Waals surface area contributed by atoms with Crippen LogP contribution in [0, 0.1) is 0 Å². The van der Waals surface area contributed by atoms with E-state index in [4.69, 9.17) is 0 Å². The molecule has 1 heterocycles. The molecule has 12 heavy (non-hydrogen) atoms. The van der Waals surface area contributed by atoms with Crippen LogP contribution < -0.4 is 10.9 Å². The monoisotopic (exact) mass is 170 g/mol. The van der Waals surface area contributed by atoms with Gasteiger partial charge in [-0.3, -0.25) is 5.43 Å². The number of hydrogen-bond donors (Lipinski definition) is 2. The summed E-state index contributed by atoms with van der Waals surface area (Å²) in [5.74, 6) is 0. The number of amides is 1. The lowest BCUT2D eigenvalue weighted by molar-refractivity contribution is 0.180. The average molecular weight is 170 g/mol. The van der Waals surface area contributed by atoms with Gasteiger partial charge in [0.25, 0.3) is 0 Å². The Bertz CT molecular complexity index is 168. The van der Waals surface area contributed by atoms with Crippen molar-refractivity contribution in [3.8, 4) is 0 Å². The summed E-state index contributed by atoms with van der Waals surface area (Å²) >= 11 is 0. The van der Waals surface area contributed by atoms with Crippen LogP contribution in [0.1, 0.15) is 25.7 Å². The van der Waals surface area contributed by atoms with Gasteiger partial charge in [0.2, 0.25) is 0 Å². The quantitative estimate of drug-likeness (QED) is 0.576. The SMILES string of the molecule is O=C1NNCCCCCC=CO1. The molecule has 1 rings (SSSR count). The van der Waals surface area contributed by atoms with Crippen LogP contribution >= 0.6 is 0 Å². The van der Waals surface area contributed by atoms with Gasteiger partial charge in [0.1, 0.15) is 0 Å². The fraction of sp³-hybridized carbons (Fsp3) is 0.625. The maximum atomic E-state index is 10.8. The smallest absolute Gasteiger partial charge is 0.418 e. The minimum absolute atomic E-state index is 0.451. The van der Waals surface area contributed by atoms with E-state index in [1.807, 2.05) is 6.08 Å². The number of hydrogen-bond acceptors (Lipinski definition) is 3. The molecule has 0 aliphatic carbocycles. The highest BCUT2D eigenvalue weighted by atomic mass is 16.5. The first kappa shape index (κ1) is 9.06. The number of rotatable bonds is 0. The zero-order chi connectivity index (χ0) is 8.65. The molecule has 0 spiro atoms. The van der Waals surface area contributed by atoms with E-state index in [9.17, 15) is 4.79 Å². The van der Waals surface area contributed by atoms with Crippen molar-refractivity contribution in [2.45, 2.75) is 25.7 Å². The van der Waals surface area contributed by atoms with Gasteiger partial charge in [0.05, 0.1) is 6.26 Å². The van der Waals surface area contributed by atoms with Crippen molar-refractivity contribution in [2.75, 3.05) is 6.54 Å². The summed E-state index contributed by atoms with van der Waals surface area (Å²) in [5.41, 5.74) is 5.19. The lowest BCUT2D eigenvalue weighted by atomic mass is 10.2. The van der Waals surface area contributed by atoms with Crippen LogP contribution in [0.2, 0.25) is 0 Å². The molecule has 1 amide bonds. The standard InChI is InChI=1S/C8H14N2O2/c11-8-10-9-6-4-2-1-3-5-7-12-8/h5,7,9H,1-4,6H2,(H,10,11). The zero-order valence-corrected chi connectivity index (χ0v) is 7.01. The summed E-state index contributed by atoms with van der Waals surface area (Å²) in [7, 11) is 0. The van der Waals surface area contributed by atoms with Crippen LogP contribution in [0.15, 0.2) is 12.3 Å². The summed E-state index contributed by atoms with van der Waals surface area (Å²) < 4.78 is 4.68. The highest BCUT2D eigenvalue weighted by Crippen LogP contribution is 2.00. The molecular weight excluding hydrogens is 156 g/mol. The largest absolute Gasteiger partial charge is 0.426 e. The first-order valence-corrected chi connectivity index (χ1v) is 4.24. The fourth-order valence-electron chi connectivity index (χ4n) is 0.994. The minimum Gasteiger partial charge on any atom is -0.418 e. The third kappa shape index (κ3) is 3.98. The first-order chi connectivity index (χ1) is 5.89. The molecule has 4 heteroatoms. The van der Waals surface area contributed by atoms with E-state index < -0.39 is 6.09 Å². The molecule has 0 bridgehead atoms. The number of allylic oxidation sites excluding steroid dienone is 1. The van der Waals surface area contributed by atoms with Crippen LogP contribution in [0.4, 0.5) is 4.79 Å². The maximum Gasteiger partial charge on any atom is 0.426 e. The second-order valence-corrected chi connectivity index (χ2v) is 2.68. The van der Waals surface area contributed by atoms with Crippen molar-refractivity contribution in [1.29, 1.82) is 0 Å². The Morgan fingerprint density at radius 1 is 1.33 bits per heavy atom. The molecule has 2 N–H and O–H groups in total. The third-order valence-corrected chi connectivity index (χ3v) is 1.63. The normalized spacial score (nSPS) is 20.5. The Balaban J connectivity index is 2.28. The van der Waals surface area contributed by atoms with E-state index >= 15 is 0 Å². The molecule has 0 atom stereocenters. The van der Waals surface area contributed by atoms with Crippen LogP contribution in [-0.4, -0.2) is 12.6 Å². The van der Waals surface area contributed by atoms with Gasteiger partial charge in [-0.2, -0.15) is 0 Å². The fourth-order valence-corrected chi connectivity index (χ4v) is 0.994. The van der Waals surface area contributed by atoms with E-state index in [0.717, 1.165) is 25.8 Å². The molecule has 0 aromatic rings. The summed E-state index contributed by atoms with van der Waals surface area (Å²) in [6, 6.07) is 0. The summed E-state index contributed by atoms with van der Waals surface area (Å²) in [6.07, 6.45) is 7.23. The van der Waals surface area contributed by atoms with E-state index in [-0.39, 0.29) is 0 Å². The molecular formula is C8H14N2O2. The Kier molecular flexibility index (Phi) is 4.23. The molecule has 0 fully saturated rings. The number of nitrogens with one attached hydrogen (secondary N) is 2. The topological polar surface area (TPSA) is 50.4 Å². The Hall–Kier alpha value is -1.03. The van der Waals surface area contributed by atoms with Crippen molar-refractivity contribution in [3.63, 3.8) is 0 Å². The Morgan fingerprint density at radius 2 is 2.25 bits per heavy atom. The van der Waals surface area contributed by atoms with E-state index in [1.54, 1.807) is 0 Å². The molecule has 1 aliphatic rings. The zero-order valence-electron chi connectivity index (χ0n) is 7.01. The van der Waals surface area contributed by atoms with Crippen LogP contribution in [0.25, 0.3) is 0 Å². The molecule has 4 nitrogen and oxygen atoms in total. The van der Waals surface area contributed by atoms with Crippen molar-refractivity contribution >= 4 is 6.09 Å². The second kappa shape index (κ2) is 5.60. The number of ether oxygens (including phenoxy) is 1. The number of carbonyl (C=O) groups excluding carboxylic acids is 1. The molecule has 68 valence electrons. The van der Waals surface area contributed by atoms with E-state index in [0.29, 0.717) is 0 Å². The van der Waals surface area contributed by atoms with Gasteiger partial charge in [-0.25, -0.2) is 10.2 Å². The van der Waals surface area contributed by atoms with Crippen LogP contribution in [0.3, 0.4) is 0 Å². The average Bonchev–Trinajstić information content (AvgIpc) is 2.11. The summed E-state index contributed by atoms with van der Waals surface area (Å²) in [4.78, 5) is 10.8. The van der Waals surface area contributed by atoms with Crippen LogP contribution in [-0.2, 0) is 4.74 Å². The first-order valence-electron chi connectivity index (χ1n) is 4.24. The van der Waals surface area contributed by atoms with Gasteiger partial charge >= 0.3 is 6.09 Å². The number of hydrazine groups is 1. The van der Waals surface area contributed by atoms with E-state index in [2.05, 4.69) is 15.6 Å². The van der Waals surface area contributed by atoms with Crippen molar-refractivity contribution in [3.05, 3.63) is 12.3 Å². The number of carbonyl (C=O) groups is 1. The maximum absolute atomic E-state index is 10.8. The predicted octanol–water partition coefficient (Wildman–Crippen LogP) is 1.30. The molecule has 0 aromatic carbocycles. The van der Waals surface area contributed by atoms with Gasteiger partial charge in [0.15, 0.2) is 0 Å². The number of cyclic esters (lactones) is 1. The minimum atomic E-state index is -0.451. The van der Waals surface area contributed by atoms with Crippen LogP contribution in [0.5, 0.6) is 0 Å². The molecule has 0 aromatic heterocycles. The lowest BCUT2D eigenvalue weighted by Crippen LogP contribution is -2.37. The van der Waals surface area contributed by atoms with Gasteiger partial charge in [-0.05, 0) is 25.3 Å². The summed E-state index contributed by atoms with van der Waals surface area (Å²) in [5, 5.41) is 0. The van der Waals surface area contributed by atoms with Gasteiger partial charge in [0, 0.05) is 6.54 Å². The molecule has 0 radical (unpaired) electrons. The second-order valence-electron chi connectivity index (χ2n) is 2.68. The highest BCUT2D eigenvalue weighted by molar-refractivity contribution is 5.67. The summed E-state index contributed by atoms with van der Waals surface area (Å²) in [6.45, 7) is 0.801. The van der Waals surface area contributed by atoms with Gasteiger partial charge in [-0.1, -0.05) is 6.42 Å². The lowest BCUT2D eigenvalue weighted by Gasteiger charge is -2.03. The van der Waals surface area contributed by atoms with Crippen molar-refractivity contribution in [1.82, 2.24) is 10.9 Å². The highest BCUT2D eigenvalue weighted by Gasteiger charge is 1.98. The van der Waals surface area contributed by atoms with Gasteiger partial charge in [-0.15, -0.1) is 0 Å². The Labute approximate surface area is 71.9 Å². The Morgan fingerprint density at radius 3 is 3.17 bits per heavy atom. The molecule has 0 saturated heterocycles. The van der Waals surface area contributed by atoms with Crippen molar-refractivity contribution < 1.29 is 9.53 Å². The van der Waals surface area contributed by atoms with E-state index in [1.165, 1.54) is 12.7 Å². The van der Waals surface area contributed by atoms with Gasteiger partial charge < -0.3 is 4.74 Å². The molecule has 0 unspecified atom stereocenters. The molecule has 0 saturated carbocycles. The third-order valence-electron chi connectivity index (χ3n) is 1.63. The van der Waals surface area contributed by atoms with Crippen molar-refractivity contribution in [2.24, 2.45) is 0 Å².